The molecular formula is C14H18BrClN2. The molecule has 1 aromatic rings. The standard InChI is InChI=1S/C14H18BrClN2/c1-14(2,10-17)8-3-4-9-18-12-7-5-6-11(16)13(12)15/h5-7,18H,3-4,8-9H2,1-2H3. The maximum absolute atomic E-state index is 8.91. The number of hydrogen-bond donors (Lipinski definition) is 1. The predicted molar refractivity (Wildman–Crippen MR) is 80.9 cm³/mol. The molecule has 0 atom stereocenters. The highest BCUT2D eigenvalue weighted by Gasteiger charge is 2.15. The van der Waals surface area contributed by atoms with E-state index >= 15 is 0 Å². The number of rotatable bonds is 6. The number of nitriles is 1. The van der Waals surface area contributed by atoms with E-state index in [-0.39, 0.29) is 5.41 Å². The van der Waals surface area contributed by atoms with E-state index in [4.69, 9.17) is 16.9 Å². The highest BCUT2D eigenvalue weighted by molar-refractivity contribution is 9.10. The molecule has 0 aliphatic carbocycles. The third-order valence-electron chi connectivity index (χ3n) is 2.80. The van der Waals surface area contributed by atoms with Crippen LogP contribution < -0.4 is 5.32 Å². The van der Waals surface area contributed by atoms with Crippen LogP contribution in [0.2, 0.25) is 5.02 Å². The second-order valence-electron chi connectivity index (χ2n) is 4.98. The van der Waals surface area contributed by atoms with Gasteiger partial charge in [0.2, 0.25) is 0 Å². The van der Waals surface area contributed by atoms with Gasteiger partial charge in [0.25, 0.3) is 0 Å². The van der Waals surface area contributed by atoms with Crippen LogP contribution in [0.3, 0.4) is 0 Å². The molecule has 1 rings (SSSR count). The van der Waals surface area contributed by atoms with E-state index in [0.717, 1.165) is 36.0 Å². The molecule has 4 heteroatoms. The van der Waals surface area contributed by atoms with Crippen LogP contribution in [0.1, 0.15) is 33.1 Å². The van der Waals surface area contributed by atoms with Crippen molar-refractivity contribution >= 4 is 33.2 Å². The minimum absolute atomic E-state index is 0.212. The minimum atomic E-state index is -0.212. The predicted octanol–water partition coefficient (Wildman–Crippen LogP) is 5.23. The highest BCUT2D eigenvalue weighted by atomic mass is 79.9. The van der Waals surface area contributed by atoms with Gasteiger partial charge in [-0.3, -0.25) is 0 Å². The molecule has 0 aromatic heterocycles. The summed E-state index contributed by atoms with van der Waals surface area (Å²) in [5.74, 6) is 0. The van der Waals surface area contributed by atoms with Crippen molar-refractivity contribution < 1.29 is 0 Å². The molecule has 98 valence electrons. The first-order valence-electron chi connectivity index (χ1n) is 6.05. The van der Waals surface area contributed by atoms with E-state index in [1.165, 1.54) is 0 Å². The van der Waals surface area contributed by atoms with Crippen molar-refractivity contribution in [1.29, 1.82) is 5.26 Å². The molecule has 0 saturated carbocycles. The van der Waals surface area contributed by atoms with Gasteiger partial charge in [-0.05, 0) is 54.8 Å². The lowest BCUT2D eigenvalue weighted by Crippen LogP contribution is -2.09. The fourth-order valence-corrected chi connectivity index (χ4v) is 2.19. The van der Waals surface area contributed by atoms with Crippen molar-refractivity contribution in [3.05, 3.63) is 27.7 Å². The zero-order valence-electron chi connectivity index (χ0n) is 10.8. The van der Waals surface area contributed by atoms with Crippen molar-refractivity contribution in [2.45, 2.75) is 33.1 Å². The molecule has 0 heterocycles. The Morgan fingerprint density at radius 2 is 2.11 bits per heavy atom. The lowest BCUT2D eigenvalue weighted by atomic mass is 9.89. The first-order valence-corrected chi connectivity index (χ1v) is 7.22. The molecule has 1 N–H and O–H groups in total. The Kier molecular flexibility index (Phi) is 5.98. The van der Waals surface area contributed by atoms with E-state index in [1.54, 1.807) is 0 Å². The first kappa shape index (κ1) is 15.3. The minimum Gasteiger partial charge on any atom is -0.384 e. The van der Waals surface area contributed by atoms with Gasteiger partial charge in [-0.25, -0.2) is 0 Å². The Balaban J connectivity index is 2.31. The molecule has 0 fully saturated rings. The van der Waals surface area contributed by atoms with Gasteiger partial charge in [-0.2, -0.15) is 5.26 Å². The largest absolute Gasteiger partial charge is 0.384 e. The molecule has 0 bridgehead atoms. The molecule has 0 aliphatic rings. The topological polar surface area (TPSA) is 35.8 Å². The van der Waals surface area contributed by atoms with Gasteiger partial charge in [0.05, 0.1) is 21.0 Å². The van der Waals surface area contributed by atoms with Crippen molar-refractivity contribution in [3.63, 3.8) is 0 Å². The normalized spacial score (nSPS) is 11.1. The van der Waals surface area contributed by atoms with Crippen molar-refractivity contribution in [3.8, 4) is 6.07 Å². The third-order valence-corrected chi connectivity index (χ3v) is 4.20. The fourth-order valence-electron chi connectivity index (χ4n) is 1.61. The summed E-state index contributed by atoms with van der Waals surface area (Å²) in [4.78, 5) is 0. The highest BCUT2D eigenvalue weighted by Crippen LogP contribution is 2.30. The van der Waals surface area contributed by atoms with Crippen LogP contribution in [-0.4, -0.2) is 6.54 Å². The lowest BCUT2D eigenvalue weighted by molar-refractivity contribution is 0.430. The van der Waals surface area contributed by atoms with Crippen molar-refractivity contribution in [1.82, 2.24) is 0 Å². The van der Waals surface area contributed by atoms with Crippen LogP contribution in [0.5, 0.6) is 0 Å². The Bertz CT molecular complexity index is 438. The van der Waals surface area contributed by atoms with Crippen LogP contribution in [-0.2, 0) is 0 Å². The molecular weight excluding hydrogens is 312 g/mol. The molecule has 1 aromatic carbocycles. The summed E-state index contributed by atoms with van der Waals surface area (Å²) < 4.78 is 0.907. The Hall–Kier alpha value is -0.720. The summed E-state index contributed by atoms with van der Waals surface area (Å²) in [6, 6.07) is 8.09. The molecule has 0 unspecified atom stereocenters. The van der Waals surface area contributed by atoms with Crippen molar-refractivity contribution in [2.75, 3.05) is 11.9 Å². The average Bonchev–Trinajstić information content (AvgIpc) is 2.34. The number of nitrogens with zero attached hydrogens (tertiary/aromatic N) is 1. The molecule has 0 amide bonds. The zero-order valence-corrected chi connectivity index (χ0v) is 13.1. The fraction of sp³-hybridized carbons (Fsp3) is 0.500. The van der Waals surface area contributed by atoms with E-state index in [9.17, 15) is 0 Å². The molecule has 0 saturated heterocycles. The van der Waals surface area contributed by atoms with Gasteiger partial charge in [-0.1, -0.05) is 24.1 Å². The lowest BCUT2D eigenvalue weighted by Gasteiger charge is -2.15. The van der Waals surface area contributed by atoms with E-state index < -0.39 is 0 Å². The summed E-state index contributed by atoms with van der Waals surface area (Å²) in [5, 5.41) is 13.0. The summed E-state index contributed by atoms with van der Waals surface area (Å²) in [6.07, 6.45) is 3.03. The van der Waals surface area contributed by atoms with E-state index in [0.29, 0.717) is 5.02 Å². The van der Waals surface area contributed by atoms with Gasteiger partial charge >= 0.3 is 0 Å². The van der Waals surface area contributed by atoms with Gasteiger partial charge in [0.1, 0.15) is 0 Å². The quantitative estimate of drug-likeness (QED) is 0.725. The summed E-state index contributed by atoms with van der Waals surface area (Å²) in [7, 11) is 0. The van der Waals surface area contributed by atoms with Crippen LogP contribution in [0.4, 0.5) is 5.69 Å². The molecule has 0 spiro atoms. The van der Waals surface area contributed by atoms with Crippen LogP contribution >= 0.6 is 27.5 Å². The van der Waals surface area contributed by atoms with Gasteiger partial charge in [0, 0.05) is 12.2 Å². The number of unbranched alkanes of at least 4 members (excludes halogenated alkanes) is 1. The van der Waals surface area contributed by atoms with Gasteiger partial charge in [0.15, 0.2) is 0 Å². The summed E-state index contributed by atoms with van der Waals surface area (Å²) >= 11 is 9.46. The van der Waals surface area contributed by atoms with Crippen molar-refractivity contribution in [2.24, 2.45) is 5.41 Å². The van der Waals surface area contributed by atoms with Crippen LogP contribution in [0, 0.1) is 16.7 Å². The van der Waals surface area contributed by atoms with E-state index in [2.05, 4.69) is 27.3 Å². The number of hydrogen-bond acceptors (Lipinski definition) is 2. The number of halogens is 2. The summed E-state index contributed by atoms with van der Waals surface area (Å²) in [5.41, 5.74) is 0.804. The van der Waals surface area contributed by atoms with Gasteiger partial charge in [-0.15, -0.1) is 0 Å². The maximum Gasteiger partial charge on any atom is 0.0683 e. The SMILES string of the molecule is CC(C)(C#N)CCCCNc1cccc(Cl)c1Br. The molecule has 18 heavy (non-hydrogen) atoms. The Morgan fingerprint density at radius 3 is 2.78 bits per heavy atom. The second kappa shape index (κ2) is 7.01. The number of benzene rings is 1. The molecule has 0 aliphatic heterocycles. The second-order valence-corrected chi connectivity index (χ2v) is 6.18. The smallest absolute Gasteiger partial charge is 0.0683 e. The van der Waals surface area contributed by atoms with Crippen LogP contribution in [0.25, 0.3) is 0 Å². The zero-order chi connectivity index (χ0) is 13.6. The Labute approximate surface area is 122 Å². The third kappa shape index (κ3) is 4.88. The maximum atomic E-state index is 8.91. The van der Waals surface area contributed by atoms with Gasteiger partial charge < -0.3 is 5.32 Å². The molecule has 0 radical (unpaired) electrons. The van der Waals surface area contributed by atoms with Crippen LogP contribution in [0.15, 0.2) is 22.7 Å². The Morgan fingerprint density at radius 1 is 1.39 bits per heavy atom. The summed E-state index contributed by atoms with van der Waals surface area (Å²) in [6.45, 7) is 4.85. The van der Waals surface area contributed by atoms with E-state index in [1.807, 2.05) is 32.0 Å². The molecule has 2 nitrogen and oxygen atoms in total. The first-order chi connectivity index (χ1) is 8.46. The number of nitrogens with one attached hydrogen (secondary N) is 1. The average molecular weight is 330 g/mol. The number of anilines is 1. The monoisotopic (exact) mass is 328 g/mol.